The van der Waals surface area contributed by atoms with Crippen molar-refractivity contribution in [2.24, 2.45) is 10.1 Å². The predicted octanol–water partition coefficient (Wildman–Crippen LogP) is 1.03. The molecule has 0 aromatic heterocycles. The van der Waals surface area contributed by atoms with E-state index in [0.29, 0.717) is 5.84 Å². The summed E-state index contributed by atoms with van der Waals surface area (Å²) in [6.07, 6.45) is 0. The lowest BCUT2D eigenvalue weighted by atomic mass is 10.8. The zero-order chi connectivity index (χ0) is 5.70. The van der Waals surface area contributed by atoms with E-state index in [1.165, 1.54) is 11.9 Å². The Balaban J connectivity index is 3.08. The molecule has 0 heterocycles. The molecule has 2 N–H and O–H groups in total. The normalized spacial score (nSPS) is 12.0. The van der Waals surface area contributed by atoms with Crippen LogP contribution in [0.25, 0.3) is 0 Å². The molecule has 0 rings (SSSR count). The van der Waals surface area contributed by atoms with Gasteiger partial charge in [-0.1, -0.05) is 6.92 Å². The van der Waals surface area contributed by atoms with Crippen LogP contribution in [0.4, 0.5) is 0 Å². The molecule has 0 saturated heterocycles. The molecule has 0 amide bonds. The fraction of sp³-hybridized carbons (Fsp3) is 0.750. The standard InChI is InChI=1S/C4H10N2S/c1-3-7-6-4(2)5/h3H2,1-2H3,(H2,5,6). The Morgan fingerprint density at radius 1 is 1.86 bits per heavy atom. The predicted molar refractivity (Wildman–Crippen MR) is 35.4 cm³/mol. The molecule has 0 aliphatic heterocycles. The lowest BCUT2D eigenvalue weighted by molar-refractivity contribution is 1.51. The average molecular weight is 118 g/mol. The molecule has 0 unspecified atom stereocenters. The summed E-state index contributed by atoms with van der Waals surface area (Å²) in [5.74, 6) is 1.64. The van der Waals surface area contributed by atoms with Crippen molar-refractivity contribution in [3.63, 3.8) is 0 Å². The van der Waals surface area contributed by atoms with Gasteiger partial charge in [0.25, 0.3) is 0 Å². The molecule has 2 nitrogen and oxygen atoms in total. The minimum atomic E-state index is 0.645. The van der Waals surface area contributed by atoms with Crippen molar-refractivity contribution in [1.29, 1.82) is 0 Å². The van der Waals surface area contributed by atoms with E-state index in [0.717, 1.165) is 5.75 Å². The quantitative estimate of drug-likeness (QED) is 0.334. The van der Waals surface area contributed by atoms with Crippen LogP contribution in [0.15, 0.2) is 4.40 Å². The highest BCUT2D eigenvalue weighted by atomic mass is 32.2. The van der Waals surface area contributed by atoms with E-state index in [1.54, 1.807) is 6.92 Å². The smallest absolute Gasteiger partial charge is 0.104 e. The van der Waals surface area contributed by atoms with Crippen LogP contribution < -0.4 is 5.73 Å². The molecule has 0 bridgehead atoms. The molecule has 0 spiro atoms. The molecule has 0 fully saturated rings. The Bertz CT molecular complexity index is 66.1. The van der Waals surface area contributed by atoms with Crippen LogP contribution in [0.3, 0.4) is 0 Å². The summed E-state index contributed by atoms with van der Waals surface area (Å²) >= 11 is 1.48. The lowest BCUT2D eigenvalue weighted by Crippen LogP contribution is -2.03. The van der Waals surface area contributed by atoms with Crippen molar-refractivity contribution in [1.82, 2.24) is 0 Å². The number of nitrogens with zero attached hydrogens (tertiary/aromatic N) is 1. The van der Waals surface area contributed by atoms with Crippen LogP contribution in [0.5, 0.6) is 0 Å². The molecule has 0 aliphatic rings. The summed E-state index contributed by atoms with van der Waals surface area (Å²) < 4.78 is 3.85. The van der Waals surface area contributed by atoms with Crippen LogP contribution in [0.1, 0.15) is 13.8 Å². The van der Waals surface area contributed by atoms with Crippen molar-refractivity contribution < 1.29 is 0 Å². The molecule has 3 heteroatoms. The van der Waals surface area contributed by atoms with Crippen LogP contribution in [0, 0.1) is 0 Å². The summed E-state index contributed by atoms with van der Waals surface area (Å²) in [5.41, 5.74) is 5.21. The second kappa shape index (κ2) is 3.99. The fourth-order valence-electron chi connectivity index (χ4n) is 0.166. The highest BCUT2D eigenvalue weighted by Gasteiger charge is 1.74. The van der Waals surface area contributed by atoms with Gasteiger partial charge in [-0.25, -0.2) is 4.40 Å². The van der Waals surface area contributed by atoms with Crippen molar-refractivity contribution >= 4 is 17.8 Å². The highest BCUT2D eigenvalue weighted by Crippen LogP contribution is 1.97. The molecular formula is C4H10N2S. The van der Waals surface area contributed by atoms with Gasteiger partial charge in [0.2, 0.25) is 0 Å². The van der Waals surface area contributed by atoms with Gasteiger partial charge in [-0.15, -0.1) is 0 Å². The molecule has 7 heavy (non-hydrogen) atoms. The van der Waals surface area contributed by atoms with Gasteiger partial charge in [0.1, 0.15) is 5.84 Å². The van der Waals surface area contributed by atoms with Gasteiger partial charge in [-0.05, 0) is 18.9 Å². The first kappa shape index (κ1) is 6.82. The average Bonchev–Trinajstić information content (AvgIpc) is 1.61. The van der Waals surface area contributed by atoms with Gasteiger partial charge in [0.05, 0.1) is 0 Å². The Labute approximate surface area is 48.3 Å². The third kappa shape index (κ3) is 5.82. The Morgan fingerprint density at radius 3 is 2.57 bits per heavy atom. The lowest BCUT2D eigenvalue weighted by Gasteiger charge is -1.85. The van der Waals surface area contributed by atoms with Gasteiger partial charge < -0.3 is 5.73 Å². The van der Waals surface area contributed by atoms with Crippen LogP contribution >= 0.6 is 11.9 Å². The Hall–Kier alpha value is -0.180. The zero-order valence-corrected chi connectivity index (χ0v) is 5.46. The van der Waals surface area contributed by atoms with Crippen molar-refractivity contribution in [3.8, 4) is 0 Å². The molecule has 0 aromatic rings. The van der Waals surface area contributed by atoms with Crippen LogP contribution in [-0.4, -0.2) is 11.6 Å². The zero-order valence-electron chi connectivity index (χ0n) is 4.64. The van der Waals surface area contributed by atoms with Crippen molar-refractivity contribution in [2.75, 3.05) is 5.75 Å². The van der Waals surface area contributed by atoms with E-state index in [4.69, 9.17) is 5.73 Å². The summed E-state index contributed by atoms with van der Waals surface area (Å²) in [4.78, 5) is 0. The third-order valence-corrected chi connectivity index (χ3v) is 1.01. The summed E-state index contributed by atoms with van der Waals surface area (Å²) in [6, 6.07) is 0. The maximum atomic E-state index is 5.21. The highest BCUT2D eigenvalue weighted by molar-refractivity contribution is 7.98. The maximum absolute atomic E-state index is 5.21. The molecule has 42 valence electrons. The van der Waals surface area contributed by atoms with Crippen LogP contribution in [0.2, 0.25) is 0 Å². The van der Waals surface area contributed by atoms with Gasteiger partial charge in [-0.2, -0.15) is 0 Å². The van der Waals surface area contributed by atoms with E-state index in [-0.39, 0.29) is 0 Å². The van der Waals surface area contributed by atoms with Gasteiger partial charge in [0, 0.05) is 5.75 Å². The Morgan fingerprint density at radius 2 is 2.43 bits per heavy atom. The SMILES string of the molecule is CCSN=C(C)N. The first-order valence-corrected chi connectivity index (χ1v) is 3.13. The number of rotatable bonds is 2. The van der Waals surface area contributed by atoms with Crippen molar-refractivity contribution in [3.05, 3.63) is 0 Å². The number of amidine groups is 1. The third-order valence-electron chi connectivity index (χ3n) is 0.338. The maximum Gasteiger partial charge on any atom is 0.104 e. The largest absolute Gasteiger partial charge is 0.387 e. The van der Waals surface area contributed by atoms with E-state index >= 15 is 0 Å². The topological polar surface area (TPSA) is 38.4 Å². The van der Waals surface area contributed by atoms with Gasteiger partial charge in [-0.3, -0.25) is 0 Å². The first-order valence-electron chi connectivity index (χ1n) is 2.19. The van der Waals surface area contributed by atoms with E-state index in [1.807, 2.05) is 6.92 Å². The monoisotopic (exact) mass is 118 g/mol. The van der Waals surface area contributed by atoms with E-state index < -0.39 is 0 Å². The first-order chi connectivity index (χ1) is 3.27. The summed E-state index contributed by atoms with van der Waals surface area (Å²) in [7, 11) is 0. The van der Waals surface area contributed by atoms with Gasteiger partial charge >= 0.3 is 0 Å². The number of hydrogen-bond acceptors (Lipinski definition) is 2. The molecule has 0 saturated carbocycles. The van der Waals surface area contributed by atoms with Crippen molar-refractivity contribution in [2.45, 2.75) is 13.8 Å². The summed E-state index contributed by atoms with van der Waals surface area (Å²) in [6.45, 7) is 3.82. The molecule has 0 aromatic carbocycles. The number of nitrogens with two attached hydrogens (primary N) is 1. The van der Waals surface area contributed by atoms with Gasteiger partial charge in [0.15, 0.2) is 0 Å². The molecule has 0 radical (unpaired) electrons. The summed E-state index contributed by atoms with van der Waals surface area (Å²) in [5, 5.41) is 0. The van der Waals surface area contributed by atoms with Crippen LogP contribution in [-0.2, 0) is 0 Å². The Kier molecular flexibility index (Phi) is 3.89. The fourth-order valence-corrected chi connectivity index (χ4v) is 0.499. The molecular weight excluding hydrogens is 108 g/mol. The minimum absolute atomic E-state index is 0.645. The van der Waals surface area contributed by atoms with E-state index in [2.05, 4.69) is 4.40 Å². The second-order valence-corrected chi connectivity index (χ2v) is 2.17. The van der Waals surface area contributed by atoms with E-state index in [9.17, 15) is 0 Å². The minimum Gasteiger partial charge on any atom is -0.387 e. The number of hydrogen-bond donors (Lipinski definition) is 1. The second-order valence-electron chi connectivity index (χ2n) is 1.15. The molecule has 0 atom stereocenters. The molecule has 0 aliphatic carbocycles.